The van der Waals surface area contributed by atoms with E-state index in [2.05, 4.69) is 90.7 Å². The highest BCUT2D eigenvalue weighted by molar-refractivity contribution is 6.93. The zero-order valence-corrected chi connectivity index (χ0v) is 19.4. The molecule has 0 radical (unpaired) electrons. The zero-order chi connectivity index (χ0) is 19.9. The van der Waals surface area contributed by atoms with Crippen LogP contribution in [0.25, 0.3) is 26.7 Å². The Labute approximate surface area is 166 Å². The minimum absolute atomic E-state index is 1.16. The van der Waals surface area contributed by atoms with Crippen LogP contribution in [0.1, 0.15) is 47.6 Å². The van der Waals surface area contributed by atoms with Crippen molar-refractivity contribution in [1.82, 2.24) is 0 Å². The summed E-state index contributed by atoms with van der Waals surface area (Å²) in [4.78, 5) is 0. The maximum atomic E-state index is 2.53. The van der Waals surface area contributed by atoms with Crippen LogP contribution in [0.4, 0.5) is 0 Å². The van der Waals surface area contributed by atoms with E-state index in [9.17, 15) is 0 Å². The summed E-state index contributed by atoms with van der Waals surface area (Å²) in [5.74, 6) is 0. The van der Waals surface area contributed by atoms with Crippen LogP contribution in [-0.4, -0.2) is 8.07 Å². The van der Waals surface area contributed by atoms with Crippen LogP contribution in [0.2, 0.25) is 19.6 Å². The molecular formula is C26H34Si. The smallest absolute Gasteiger partial charge is 0.0779 e. The molecule has 0 atom stereocenters. The largest absolute Gasteiger partial charge is 0.0847 e. The van der Waals surface area contributed by atoms with Crippen molar-refractivity contribution in [1.29, 1.82) is 0 Å². The predicted octanol–water partition coefficient (Wildman–Crippen LogP) is 8.29. The van der Waals surface area contributed by atoms with Crippen molar-refractivity contribution in [3.63, 3.8) is 0 Å². The van der Waals surface area contributed by atoms with Gasteiger partial charge in [0.05, 0.1) is 8.07 Å². The minimum Gasteiger partial charge on any atom is -0.0847 e. The zero-order valence-electron chi connectivity index (χ0n) is 18.4. The Kier molecular flexibility index (Phi) is 5.36. The third-order valence-corrected chi connectivity index (χ3v) is 8.00. The number of rotatable bonds is 4. The van der Waals surface area contributed by atoms with E-state index >= 15 is 0 Å². The molecule has 0 unspecified atom stereocenters. The molecule has 0 bridgehead atoms. The van der Waals surface area contributed by atoms with Crippen molar-refractivity contribution in [2.24, 2.45) is 0 Å². The van der Waals surface area contributed by atoms with Crippen LogP contribution >= 0.6 is 0 Å². The van der Waals surface area contributed by atoms with Crippen molar-refractivity contribution in [2.45, 2.75) is 67.1 Å². The van der Waals surface area contributed by atoms with Gasteiger partial charge in [0.15, 0.2) is 0 Å². The average molecular weight is 375 g/mol. The molecule has 0 amide bonds. The van der Waals surface area contributed by atoms with Gasteiger partial charge in [0.1, 0.15) is 0 Å². The number of hydrogen-bond acceptors (Lipinski definition) is 0. The van der Waals surface area contributed by atoms with Crippen molar-refractivity contribution >= 4 is 34.8 Å². The third kappa shape index (κ3) is 3.75. The Balaban J connectivity index is 2.50. The summed E-state index contributed by atoms with van der Waals surface area (Å²) in [5.41, 5.74) is 6.99. The topological polar surface area (TPSA) is 0 Å². The van der Waals surface area contributed by atoms with E-state index in [1.807, 2.05) is 0 Å². The molecule has 1 heteroatoms. The summed E-state index contributed by atoms with van der Waals surface area (Å²) < 4.78 is 0. The van der Waals surface area contributed by atoms with Crippen LogP contribution in [-0.2, 0) is 0 Å². The lowest BCUT2D eigenvalue weighted by Crippen LogP contribution is -2.23. The lowest BCUT2D eigenvalue weighted by molar-refractivity contribution is 0.961. The molecule has 0 spiro atoms. The molecule has 3 aromatic carbocycles. The van der Waals surface area contributed by atoms with E-state index in [0.717, 1.165) is 6.42 Å². The molecule has 0 aromatic heterocycles. The fourth-order valence-electron chi connectivity index (χ4n) is 4.02. The van der Waals surface area contributed by atoms with Crippen molar-refractivity contribution < 1.29 is 0 Å². The molecule has 27 heavy (non-hydrogen) atoms. The molecular weight excluding hydrogens is 340 g/mol. The summed E-state index contributed by atoms with van der Waals surface area (Å²) in [7, 11) is -1.46. The van der Waals surface area contributed by atoms with Gasteiger partial charge >= 0.3 is 0 Å². The SMILES string of the molecule is CCC/C=C(/c1cc2cc(C)c(C)cc2c2cc(C)c(C)cc12)[Si](C)(C)C. The van der Waals surface area contributed by atoms with Crippen LogP contribution in [0.15, 0.2) is 36.4 Å². The van der Waals surface area contributed by atoms with Crippen molar-refractivity contribution in [2.75, 3.05) is 0 Å². The number of aryl methyl sites for hydroxylation is 4. The first-order chi connectivity index (χ1) is 12.6. The number of hydrogen-bond donors (Lipinski definition) is 0. The van der Waals surface area contributed by atoms with E-state index < -0.39 is 8.07 Å². The second-order valence-corrected chi connectivity index (χ2v) is 14.3. The van der Waals surface area contributed by atoms with Crippen LogP contribution in [0, 0.1) is 27.7 Å². The standard InChI is InChI=1S/C26H34Si/c1-9-10-11-26(27(6,7)8)25-16-21-12-17(2)18(3)13-22(21)23-14-19(4)20(5)15-24(23)25/h11-16H,9-10H2,1-8H3/b26-11-. The van der Waals surface area contributed by atoms with Gasteiger partial charge in [-0.05, 0) is 89.5 Å². The van der Waals surface area contributed by atoms with Gasteiger partial charge in [-0.25, -0.2) is 0 Å². The van der Waals surface area contributed by atoms with Gasteiger partial charge in [0.2, 0.25) is 0 Å². The minimum atomic E-state index is -1.46. The quantitative estimate of drug-likeness (QED) is 0.318. The van der Waals surface area contributed by atoms with Crippen LogP contribution < -0.4 is 0 Å². The Morgan fingerprint density at radius 1 is 0.741 bits per heavy atom. The normalized spacial score (nSPS) is 13.0. The summed E-state index contributed by atoms with van der Waals surface area (Å²) in [5, 5.41) is 7.22. The first-order valence-corrected chi connectivity index (χ1v) is 13.8. The van der Waals surface area contributed by atoms with Gasteiger partial charge in [0.25, 0.3) is 0 Å². The molecule has 3 aromatic rings. The molecule has 0 saturated carbocycles. The first kappa shape index (κ1) is 19.9. The Hall–Kier alpha value is -1.86. The van der Waals surface area contributed by atoms with E-state index in [4.69, 9.17) is 0 Å². The highest BCUT2D eigenvalue weighted by Gasteiger charge is 2.23. The highest BCUT2D eigenvalue weighted by atomic mass is 28.3. The highest BCUT2D eigenvalue weighted by Crippen LogP contribution is 2.38. The number of fused-ring (bicyclic) bond motifs is 3. The average Bonchev–Trinajstić information content (AvgIpc) is 2.57. The van der Waals surface area contributed by atoms with Gasteiger partial charge in [0, 0.05) is 0 Å². The first-order valence-electron chi connectivity index (χ1n) is 10.3. The third-order valence-electron chi connectivity index (χ3n) is 5.92. The second kappa shape index (κ2) is 7.28. The van der Waals surface area contributed by atoms with E-state index in [1.54, 1.807) is 5.20 Å². The fourth-order valence-corrected chi connectivity index (χ4v) is 5.79. The number of benzene rings is 3. The Bertz CT molecular complexity index is 1050. The predicted molar refractivity (Wildman–Crippen MR) is 127 cm³/mol. The fraction of sp³-hybridized carbons (Fsp3) is 0.385. The number of allylic oxidation sites excluding steroid dienone is 1. The molecule has 0 aliphatic carbocycles. The maximum Gasteiger partial charge on any atom is 0.0779 e. The number of unbranched alkanes of at least 4 members (excludes halogenated alkanes) is 1. The van der Waals surface area contributed by atoms with Gasteiger partial charge in [-0.3, -0.25) is 0 Å². The van der Waals surface area contributed by atoms with E-state index in [1.165, 1.54) is 55.8 Å². The summed E-state index contributed by atoms with van der Waals surface area (Å²) in [6.07, 6.45) is 4.90. The van der Waals surface area contributed by atoms with Gasteiger partial charge < -0.3 is 0 Å². The maximum absolute atomic E-state index is 2.53. The molecule has 142 valence electrons. The summed E-state index contributed by atoms with van der Waals surface area (Å²) in [6.45, 7) is 18.6. The van der Waals surface area contributed by atoms with Gasteiger partial charge in [-0.2, -0.15) is 0 Å². The van der Waals surface area contributed by atoms with E-state index in [0.29, 0.717) is 0 Å². The molecule has 0 fully saturated rings. The summed E-state index contributed by atoms with van der Waals surface area (Å²) >= 11 is 0. The second-order valence-electron chi connectivity index (χ2n) is 9.22. The molecule has 0 aliphatic rings. The Morgan fingerprint density at radius 3 is 1.81 bits per heavy atom. The molecule has 0 nitrogen and oxygen atoms in total. The van der Waals surface area contributed by atoms with Gasteiger partial charge in [-0.1, -0.05) is 68.5 Å². The van der Waals surface area contributed by atoms with Crippen molar-refractivity contribution in [3.8, 4) is 0 Å². The molecule has 0 heterocycles. The summed E-state index contributed by atoms with van der Waals surface area (Å²) in [6, 6.07) is 12.1. The lowest BCUT2D eigenvalue weighted by atomic mass is 9.91. The van der Waals surface area contributed by atoms with Crippen LogP contribution in [0.3, 0.4) is 0 Å². The molecule has 3 rings (SSSR count). The van der Waals surface area contributed by atoms with E-state index in [-0.39, 0.29) is 0 Å². The van der Waals surface area contributed by atoms with Crippen molar-refractivity contribution in [3.05, 3.63) is 64.2 Å². The monoisotopic (exact) mass is 374 g/mol. The Morgan fingerprint density at radius 2 is 1.26 bits per heavy atom. The van der Waals surface area contributed by atoms with Gasteiger partial charge in [-0.15, -0.1) is 0 Å². The lowest BCUT2D eigenvalue weighted by Gasteiger charge is -2.25. The molecule has 0 aliphatic heterocycles. The molecule has 0 saturated heterocycles. The molecule has 0 N–H and O–H groups in total. The van der Waals surface area contributed by atoms with Crippen LogP contribution in [0.5, 0.6) is 0 Å².